The van der Waals surface area contributed by atoms with Crippen LogP contribution in [0.1, 0.15) is 30.9 Å². The SMILES string of the molecule is CCOC(=O)C1=C(C)OC(N)=C(C#N)C1c1ccc(F)c(C)c1. The maximum absolute atomic E-state index is 13.5. The molecule has 0 fully saturated rings. The van der Waals surface area contributed by atoms with E-state index in [0.717, 1.165) is 0 Å². The number of halogens is 1. The van der Waals surface area contributed by atoms with Gasteiger partial charge >= 0.3 is 5.97 Å². The number of nitrogens with two attached hydrogens (primary N) is 1. The highest BCUT2D eigenvalue weighted by Crippen LogP contribution is 2.39. The van der Waals surface area contributed by atoms with Gasteiger partial charge in [0.25, 0.3) is 0 Å². The van der Waals surface area contributed by atoms with E-state index in [-0.39, 0.29) is 35.2 Å². The summed E-state index contributed by atoms with van der Waals surface area (Å²) in [5, 5.41) is 9.42. The molecule has 0 aliphatic carbocycles. The van der Waals surface area contributed by atoms with Crippen LogP contribution < -0.4 is 5.73 Å². The molecule has 0 saturated carbocycles. The van der Waals surface area contributed by atoms with Gasteiger partial charge in [-0.15, -0.1) is 0 Å². The lowest BCUT2D eigenvalue weighted by atomic mass is 9.82. The molecule has 0 aromatic heterocycles. The van der Waals surface area contributed by atoms with E-state index in [0.29, 0.717) is 11.1 Å². The molecule has 2 N–H and O–H groups in total. The number of allylic oxidation sites excluding steroid dienone is 2. The maximum atomic E-state index is 13.5. The zero-order valence-corrected chi connectivity index (χ0v) is 13.1. The van der Waals surface area contributed by atoms with Crippen LogP contribution in [0.15, 0.2) is 41.0 Å². The lowest BCUT2D eigenvalue weighted by Crippen LogP contribution is -2.25. The molecule has 6 heteroatoms. The van der Waals surface area contributed by atoms with Gasteiger partial charge in [-0.3, -0.25) is 0 Å². The molecule has 1 aromatic rings. The van der Waals surface area contributed by atoms with Crippen LogP contribution in [0.2, 0.25) is 0 Å². The Kier molecular flexibility index (Phi) is 4.70. The van der Waals surface area contributed by atoms with Crippen molar-refractivity contribution in [3.8, 4) is 6.07 Å². The zero-order valence-electron chi connectivity index (χ0n) is 13.1. The van der Waals surface area contributed by atoms with Crippen molar-refractivity contribution in [3.05, 3.63) is 57.9 Å². The molecule has 2 rings (SSSR count). The Hall–Kier alpha value is -2.81. The molecule has 1 aliphatic heterocycles. The van der Waals surface area contributed by atoms with Gasteiger partial charge in [-0.05, 0) is 38.0 Å². The molecular formula is C17H17FN2O3. The Morgan fingerprint density at radius 2 is 2.17 bits per heavy atom. The van der Waals surface area contributed by atoms with Crippen molar-refractivity contribution in [2.75, 3.05) is 6.61 Å². The number of benzene rings is 1. The van der Waals surface area contributed by atoms with Gasteiger partial charge in [0.05, 0.1) is 18.1 Å². The second-order valence-electron chi connectivity index (χ2n) is 5.12. The Bertz CT molecular complexity index is 760. The molecule has 0 radical (unpaired) electrons. The fraction of sp³-hybridized carbons (Fsp3) is 0.294. The minimum absolute atomic E-state index is 0.0648. The molecule has 1 unspecified atom stereocenters. The van der Waals surface area contributed by atoms with Gasteiger partial charge in [-0.2, -0.15) is 5.26 Å². The molecular weight excluding hydrogens is 299 g/mol. The van der Waals surface area contributed by atoms with Crippen LogP contribution in [-0.2, 0) is 14.3 Å². The molecule has 0 saturated heterocycles. The van der Waals surface area contributed by atoms with Crippen LogP contribution in [0.25, 0.3) is 0 Å². The van der Waals surface area contributed by atoms with Crippen LogP contribution in [0.4, 0.5) is 4.39 Å². The summed E-state index contributed by atoms with van der Waals surface area (Å²) in [6.45, 7) is 5.06. The Morgan fingerprint density at radius 1 is 1.48 bits per heavy atom. The minimum atomic E-state index is -0.743. The van der Waals surface area contributed by atoms with Gasteiger partial charge in [-0.25, -0.2) is 9.18 Å². The fourth-order valence-corrected chi connectivity index (χ4v) is 2.54. The normalized spacial score (nSPS) is 17.6. The highest BCUT2D eigenvalue weighted by atomic mass is 19.1. The molecule has 1 aromatic carbocycles. The molecule has 0 spiro atoms. The van der Waals surface area contributed by atoms with Crippen molar-refractivity contribution < 1.29 is 18.7 Å². The number of carbonyl (C=O) groups is 1. The van der Waals surface area contributed by atoms with Crippen molar-refractivity contribution in [3.63, 3.8) is 0 Å². The smallest absolute Gasteiger partial charge is 0.338 e. The second kappa shape index (κ2) is 6.53. The largest absolute Gasteiger partial charge is 0.463 e. The number of aryl methyl sites for hydroxylation is 1. The molecule has 1 aliphatic rings. The first kappa shape index (κ1) is 16.6. The van der Waals surface area contributed by atoms with E-state index < -0.39 is 11.9 Å². The van der Waals surface area contributed by atoms with E-state index in [1.54, 1.807) is 26.8 Å². The van der Waals surface area contributed by atoms with E-state index in [1.807, 2.05) is 6.07 Å². The van der Waals surface area contributed by atoms with E-state index in [2.05, 4.69) is 0 Å². The van der Waals surface area contributed by atoms with Gasteiger partial charge in [0.1, 0.15) is 23.2 Å². The van der Waals surface area contributed by atoms with E-state index in [9.17, 15) is 14.4 Å². The molecule has 1 heterocycles. The number of ether oxygens (including phenoxy) is 2. The number of carbonyl (C=O) groups excluding carboxylic acids is 1. The lowest BCUT2D eigenvalue weighted by Gasteiger charge is -2.27. The number of rotatable bonds is 3. The van der Waals surface area contributed by atoms with Crippen molar-refractivity contribution in [1.29, 1.82) is 5.26 Å². The predicted octanol–water partition coefficient (Wildman–Crippen LogP) is 2.78. The van der Waals surface area contributed by atoms with Gasteiger partial charge in [-0.1, -0.05) is 12.1 Å². The van der Waals surface area contributed by atoms with Gasteiger partial charge < -0.3 is 15.2 Å². The summed E-state index contributed by atoms with van der Waals surface area (Å²) in [5.74, 6) is -1.49. The standard InChI is InChI=1S/C17H17FN2O3/c1-4-22-17(21)14-10(3)23-16(20)12(8-19)15(14)11-5-6-13(18)9(2)7-11/h5-7,15H,4,20H2,1-3H3. The highest BCUT2D eigenvalue weighted by Gasteiger charge is 2.36. The first-order chi connectivity index (χ1) is 10.9. The topological polar surface area (TPSA) is 85.3 Å². The summed E-state index contributed by atoms with van der Waals surface area (Å²) < 4.78 is 23.9. The summed E-state index contributed by atoms with van der Waals surface area (Å²) in [5.41, 5.74) is 7.07. The highest BCUT2D eigenvalue weighted by molar-refractivity contribution is 5.92. The van der Waals surface area contributed by atoms with Crippen molar-refractivity contribution in [2.24, 2.45) is 5.73 Å². The van der Waals surface area contributed by atoms with Crippen LogP contribution in [-0.4, -0.2) is 12.6 Å². The average Bonchev–Trinajstić information content (AvgIpc) is 2.49. The number of hydrogen-bond donors (Lipinski definition) is 1. The van der Waals surface area contributed by atoms with Gasteiger partial charge in [0, 0.05) is 0 Å². The van der Waals surface area contributed by atoms with Crippen LogP contribution in [0.5, 0.6) is 0 Å². The number of esters is 1. The number of nitriles is 1. The molecule has 1 atom stereocenters. The quantitative estimate of drug-likeness (QED) is 0.867. The van der Waals surface area contributed by atoms with Crippen molar-refractivity contribution in [1.82, 2.24) is 0 Å². The van der Waals surface area contributed by atoms with Crippen LogP contribution in [0, 0.1) is 24.1 Å². The van der Waals surface area contributed by atoms with E-state index in [1.165, 1.54) is 12.1 Å². The average molecular weight is 316 g/mol. The maximum Gasteiger partial charge on any atom is 0.338 e. The number of nitrogens with zero attached hydrogens (tertiary/aromatic N) is 1. The number of hydrogen-bond acceptors (Lipinski definition) is 5. The second-order valence-corrected chi connectivity index (χ2v) is 5.12. The monoisotopic (exact) mass is 316 g/mol. The van der Waals surface area contributed by atoms with Gasteiger partial charge in [0.15, 0.2) is 0 Å². The molecule has 5 nitrogen and oxygen atoms in total. The lowest BCUT2D eigenvalue weighted by molar-refractivity contribution is -0.139. The minimum Gasteiger partial charge on any atom is -0.463 e. The zero-order chi connectivity index (χ0) is 17.1. The molecule has 0 bridgehead atoms. The van der Waals surface area contributed by atoms with E-state index in [4.69, 9.17) is 15.2 Å². The first-order valence-corrected chi connectivity index (χ1v) is 7.12. The predicted molar refractivity (Wildman–Crippen MR) is 81.1 cm³/mol. The summed E-state index contributed by atoms with van der Waals surface area (Å²) >= 11 is 0. The third-order valence-corrected chi connectivity index (χ3v) is 3.62. The summed E-state index contributed by atoms with van der Waals surface area (Å²) in [7, 11) is 0. The molecule has 23 heavy (non-hydrogen) atoms. The fourth-order valence-electron chi connectivity index (χ4n) is 2.54. The Morgan fingerprint density at radius 3 is 2.74 bits per heavy atom. The molecule has 120 valence electrons. The van der Waals surface area contributed by atoms with Gasteiger partial charge in [0.2, 0.25) is 5.88 Å². The van der Waals surface area contributed by atoms with Crippen molar-refractivity contribution >= 4 is 5.97 Å². The van der Waals surface area contributed by atoms with Crippen molar-refractivity contribution in [2.45, 2.75) is 26.7 Å². The molecule has 0 amide bonds. The Labute approximate surface area is 133 Å². The van der Waals surface area contributed by atoms with Crippen LogP contribution in [0.3, 0.4) is 0 Å². The summed E-state index contributed by atoms with van der Waals surface area (Å²) in [4.78, 5) is 12.3. The third kappa shape index (κ3) is 3.04. The van der Waals surface area contributed by atoms with Crippen LogP contribution >= 0.6 is 0 Å². The summed E-state index contributed by atoms with van der Waals surface area (Å²) in [6, 6.07) is 6.38. The Balaban J connectivity index is 2.64. The van der Waals surface area contributed by atoms with E-state index >= 15 is 0 Å². The first-order valence-electron chi connectivity index (χ1n) is 7.12. The summed E-state index contributed by atoms with van der Waals surface area (Å²) in [6.07, 6.45) is 0. The third-order valence-electron chi connectivity index (χ3n) is 3.62.